The maximum absolute atomic E-state index is 13.4. The van der Waals surface area contributed by atoms with Gasteiger partial charge in [-0.15, -0.1) is 0 Å². The summed E-state index contributed by atoms with van der Waals surface area (Å²) in [6, 6.07) is 9.61. The SMILES string of the molecule is O=[N+]([O-])c1cc(F)ccc1NCCc1ccccc1F. The van der Waals surface area contributed by atoms with Gasteiger partial charge in [-0.2, -0.15) is 0 Å². The summed E-state index contributed by atoms with van der Waals surface area (Å²) in [5.74, 6) is -0.987. The third-order valence-corrected chi connectivity index (χ3v) is 2.82. The summed E-state index contributed by atoms with van der Waals surface area (Å²) in [7, 11) is 0. The molecule has 104 valence electrons. The van der Waals surface area contributed by atoms with E-state index in [0.717, 1.165) is 12.1 Å². The number of halogens is 2. The third kappa shape index (κ3) is 3.28. The molecule has 0 aromatic heterocycles. The first kappa shape index (κ1) is 13.9. The van der Waals surface area contributed by atoms with Crippen molar-refractivity contribution in [3.63, 3.8) is 0 Å². The number of benzene rings is 2. The highest BCUT2D eigenvalue weighted by Gasteiger charge is 2.14. The molecule has 0 saturated heterocycles. The lowest BCUT2D eigenvalue weighted by Crippen LogP contribution is -2.08. The Kier molecular flexibility index (Phi) is 4.24. The first-order valence-corrected chi connectivity index (χ1v) is 5.99. The molecule has 1 N–H and O–H groups in total. The molecule has 0 heterocycles. The Hall–Kier alpha value is -2.50. The topological polar surface area (TPSA) is 55.2 Å². The fourth-order valence-corrected chi connectivity index (χ4v) is 1.84. The molecule has 0 saturated carbocycles. The molecule has 0 amide bonds. The second kappa shape index (κ2) is 6.10. The minimum Gasteiger partial charge on any atom is -0.379 e. The number of nitrogens with one attached hydrogen (secondary N) is 1. The second-order valence-corrected chi connectivity index (χ2v) is 4.19. The molecule has 0 aliphatic heterocycles. The van der Waals surface area contributed by atoms with Crippen molar-refractivity contribution in [2.75, 3.05) is 11.9 Å². The molecule has 0 radical (unpaired) electrons. The quantitative estimate of drug-likeness (QED) is 0.672. The van der Waals surface area contributed by atoms with E-state index in [1.807, 2.05) is 0 Å². The molecule has 0 spiro atoms. The summed E-state index contributed by atoms with van der Waals surface area (Å²) in [4.78, 5) is 10.1. The van der Waals surface area contributed by atoms with Crippen molar-refractivity contribution in [3.8, 4) is 0 Å². The van der Waals surface area contributed by atoms with Gasteiger partial charge in [0.15, 0.2) is 0 Å². The molecule has 0 atom stereocenters. The number of nitro benzene ring substituents is 1. The van der Waals surface area contributed by atoms with Gasteiger partial charge in [0.1, 0.15) is 17.3 Å². The molecule has 0 aliphatic carbocycles. The molecule has 6 heteroatoms. The van der Waals surface area contributed by atoms with E-state index in [4.69, 9.17) is 0 Å². The molecule has 2 aromatic rings. The predicted molar refractivity (Wildman–Crippen MR) is 71.6 cm³/mol. The van der Waals surface area contributed by atoms with E-state index in [0.29, 0.717) is 18.5 Å². The van der Waals surface area contributed by atoms with Crippen molar-refractivity contribution in [1.29, 1.82) is 0 Å². The van der Waals surface area contributed by atoms with Gasteiger partial charge >= 0.3 is 0 Å². The van der Waals surface area contributed by atoms with Crippen molar-refractivity contribution in [1.82, 2.24) is 0 Å². The molecule has 0 fully saturated rings. The van der Waals surface area contributed by atoms with E-state index in [9.17, 15) is 18.9 Å². The molecule has 0 aliphatic rings. The first-order valence-electron chi connectivity index (χ1n) is 5.99. The van der Waals surface area contributed by atoms with Gasteiger partial charge in [-0.05, 0) is 30.2 Å². The molecule has 0 unspecified atom stereocenters. The van der Waals surface area contributed by atoms with Crippen LogP contribution in [0.3, 0.4) is 0 Å². The second-order valence-electron chi connectivity index (χ2n) is 4.19. The van der Waals surface area contributed by atoms with Crippen molar-refractivity contribution >= 4 is 11.4 Å². The predicted octanol–water partition coefficient (Wildman–Crippen LogP) is 3.53. The van der Waals surface area contributed by atoms with Crippen LogP contribution in [0.1, 0.15) is 5.56 Å². The fourth-order valence-electron chi connectivity index (χ4n) is 1.84. The van der Waals surface area contributed by atoms with Crippen LogP contribution in [0.25, 0.3) is 0 Å². The lowest BCUT2D eigenvalue weighted by molar-refractivity contribution is -0.384. The highest BCUT2D eigenvalue weighted by atomic mass is 19.1. The zero-order valence-electron chi connectivity index (χ0n) is 10.5. The summed E-state index contributed by atoms with van der Waals surface area (Å²) in [6.45, 7) is 0.313. The smallest absolute Gasteiger partial charge is 0.295 e. The van der Waals surface area contributed by atoms with Gasteiger partial charge in [0.05, 0.1) is 11.0 Å². The third-order valence-electron chi connectivity index (χ3n) is 2.82. The number of anilines is 1. The zero-order valence-corrected chi connectivity index (χ0v) is 10.5. The maximum Gasteiger partial charge on any atom is 0.295 e. The van der Waals surface area contributed by atoms with E-state index < -0.39 is 10.7 Å². The molecule has 2 aromatic carbocycles. The van der Waals surface area contributed by atoms with Crippen LogP contribution >= 0.6 is 0 Å². The molecular formula is C14H12F2N2O2. The Labute approximate surface area is 114 Å². The number of hydrogen-bond donors (Lipinski definition) is 1. The Bertz CT molecular complexity index is 632. The van der Waals surface area contributed by atoms with Crippen LogP contribution in [0.2, 0.25) is 0 Å². The van der Waals surface area contributed by atoms with Crippen LogP contribution in [0, 0.1) is 21.7 Å². The van der Waals surface area contributed by atoms with Gasteiger partial charge in [0, 0.05) is 6.54 Å². The van der Waals surface area contributed by atoms with Crippen LogP contribution in [0.15, 0.2) is 42.5 Å². The molecule has 2 rings (SSSR count). The van der Waals surface area contributed by atoms with E-state index in [1.165, 1.54) is 12.1 Å². The maximum atomic E-state index is 13.4. The van der Waals surface area contributed by atoms with Gasteiger partial charge in [0.2, 0.25) is 0 Å². The normalized spacial score (nSPS) is 10.3. The first-order chi connectivity index (χ1) is 9.58. The minimum atomic E-state index is -0.670. The van der Waals surface area contributed by atoms with Crippen LogP contribution in [-0.2, 0) is 6.42 Å². The highest BCUT2D eigenvalue weighted by molar-refractivity contribution is 5.61. The number of nitrogens with zero attached hydrogens (tertiary/aromatic N) is 1. The Morgan fingerprint density at radius 2 is 1.90 bits per heavy atom. The van der Waals surface area contributed by atoms with E-state index >= 15 is 0 Å². The van der Waals surface area contributed by atoms with Gasteiger partial charge in [-0.3, -0.25) is 10.1 Å². The molecule has 20 heavy (non-hydrogen) atoms. The number of hydrogen-bond acceptors (Lipinski definition) is 3. The summed E-state index contributed by atoms with van der Waals surface area (Å²) in [5.41, 5.74) is 0.399. The van der Waals surface area contributed by atoms with Crippen molar-refractivity contribution in [2.45, 2.75) is 6.42 Å². The van der Waals surface area contributed by atoms with E-state index in [2.05, 4.69) is 5.32 Å². The van der Waals surface area contributed by atoms with E-state index in [1.54, 1.807) is 18.2 Å². The Balaban J connectivity index is 2.05. The summed E-state index contributed by atoms with van der Waals surface area (Å²) < 4.78 is 26.4. The van der Waals surface area contributed by atoms with Crippen LogP contribution < -0.4 is 5.32 Å². The average Bonchev–Trinajstić information content (AvgIpc) is 2.42. The van der Waals surface area contributed by atoms with Gasteiger partial charge in [0.25, 0.3) is 5.69 Å². The zero-order chi connectivity index (χ0) is 14.5. The summed E-state index contributed by atoms with van der Waals surface area (Å²) in [5, 5.41) is 13.6. The number of rotatable bonds is 5. The summed E-state index contributed by atoms with van der Waals surface area (Å²) in [6.07, 6.45) is 0.376. The lowest BCUT2D eigenvalue weighted by atomic mass is 10.1. The van der Waals surface area contributed by atoms with Crippen molar-refractivity contribution in [3.05, 3.63) is 69.8 Å². The Morgan fingerprint density at radius 3 is 2.60 bits per heavy atom. The van der Waals surface area contributed by atoms with Crippen molar-refractivity contribution in [2.24, 2.45) is 0 Å². The van der Waals surface area contributed by atoms with Crippen molar-refractivity contribution < 1.29 is 13.7 Å². The highest BCUT2D eigenvalue weighted by Crippen LogP contribution is 2.24. The summed E-state index contributed by atoms with van der Waals surface area (Å²) >= 11 is 0. The average molecular weight is 278 g/mol. The lowest BCUT2D eigenvalue weighted by Gasteiger charge is -2.07. The van der Waals surface area contributed by atoms with Crippen LogP contribution in [0.4, 0.5) is 20.2 Å². The standard InChI is InChI=1S/C14H12F2N2O2/c15-11-5-6-13(14(9-11)18(19)20)17-8-7-10-3-1-2-4-12(10)16/h1-6,9,17H,7-8H2. The van der Waals surface area contributed by atoms with Gasteiger partial charge < -0.3 is 5.32 Å². The van der Waals surface area contributed by atoms with Crippen LogP contribution in [0.5, 0.6) is 0 Å². The monoisotopic (exact) mass is 278 g/mol. The largest absolute Gasteiger partial charge is 0.379 e. The Morgan fingerprint density at radius 1 is 1.15 bits per heavy atom. The molecule has 4 nitrogen and oxygen atoms in total. The van der Waals surface area contributed by atoms with E-state index in [-0.39, 0.29) is 17.2 Å². The molecule has 0 bridgehead atoms. The van der Waals surface area contributed by atoms with Gasteiger partial charge in [-0.25, -0.2) is 8.78 Å². The van der Waals surface area contributed by atoms with Gasteiger partial charge in [-0.1, -0.05) is 18.2 Å². The fraction of sp³-hybridized carbons (Fsp3) is 0.143. The van der Waals surface area contributed by atoms with Crippen LogP contribution in [-0.4, -0.2) is 11.5 Å². The molecular weight excluding hydrogens is 266 g/mol. The minimum absolute atomic E-state index is 0.215. The number of nitro groups is 1.